The summed E-state index contributed by atoms with van der Waals surface area (Å²) >= 11 is 0. The van der Waals surface area contributed by atoms with Crippen molar-refractivity contribution in [1.29, 1.82) is 0 Å². The van der Waals surface area contributed by atoms with Crippen molar-refractivity contribution in [2.24, 2.45) is 0 Å². The molecular weight excluding hydrogens is 262 g/mol. The molecule has 6 heteroatoms. The van der Waals surface area contributed by atoms with E-state index in [0.29, 0.717) is 24.0 Å². The first-order valence-corrected chi connectivity index (χ1v) is 7.83. The molecule has 1 aromatic carbocycles. The lowest BCUT2D eigenvalue weighted by Gasteiger charge is -2.20. The first-order valence-electron chi connectivity index (χ1n) is 6.34. The minimum absolute atomic E-state index is 0.290. The Kier molecular flexibility index (Phi) is 5.78. The Morgan fingerprint density at radius 3 is 2.26 bits per heavy atom. The molecule has 1 rings (SSSR count). The van der Waals surface area contributed by atoms with Gasteiger partial charge in [-0.3, -0.25) is 0 Å². The number of benzene rings is 1. The molecular formula is C13H23N3O2S. The van der Waals surface area contributed by atoms with Crippen LogP contribution in [0.3, 0.4) is 0 Å². The molecule has 19 heavy (non-hydrogen) atoms. The number of hydrogen-bond acceptors (Lipinski definition) is 4. The Balaban J connectivity index is 2.60. The van der Waals surface area contributed by atoms with Crippen LogP contribution in [0, 0.1) is 0 Å². The molecule has 0 spiro atoms. The van der Waals surface area contributed by atoms with Crippen LogP contribution in [0.4, 0.5) is 5.69 Å². The summed E-state index contributed by atoms with van der Waals surface area (Å²) in [5, 5.41) is 2.95. The van der Waals surface area contributed by atoms with Crippen molar-refractivity contribution in [3.8, 4) is 0 Å². The molecule has 0 aromatic heterocycles. The third kappa shape index (κ3) is 4.81. The van der Waals surface area contributed by atoms with E-state index in [9.17, 15) is 8.42 Å². The molecule has 0 aliphatic heterocycles. The number of anilines is 1. The summed E-state index contributed by atoms with van der Waals surface area (Å²) in [6.07, 6.45) is 0. The van der Waals surface area contributed by atoms with Crippen molar-refractivity contribution in [2.45, 2.75) is 24.8 Å². The van der Waals surface area contributed by atoms with Gasteiger partial charge >= 0.3 is 0 Å². The molecule has 0 saturated heterocycles. The number of hydrogen-bond donors (Lipinski definition) is 2. The van der Waals surface area contributed by atoms with Gasteiger partial charge in [-0.05, 0) is 45.2 Å². The first kappa shape index (κ1) is 15.9. The van der Waals surface area contributed by atoms with Crippen LogP contribution in [0.1, 0.15) is 13.8 Å². The average Bonchev–Trinajstić information content (AvgIpc) is 2.38. The van der Waals surface area contributed by atoms with Crippen LogP contribution in [0.2, 0.25) is 0 Å². The van der Waals surface area contributed by atoms with Crippen LogP contribution in [0.5, 0.6) is 0 Å². The van der Waals surface area contributed by atoms with E-state index in [1.54, 1.807) is 31.3 Å². The SMILES string of the molecule is CNc1ccc(S(=O)(=O)NCCN(C)C(C)C)cc1. The number of nitrogens with one attached hydrogen (secondary N) is 2. The van der Waals surface area contributed by atoms with Crippen molar-refractivity contribution in [2.75, 3.05) is 32.5 Å². The van der Waals surface area contributed by atoms with E-state index in [0.717, 1.165) is 5.69 Å². The summed E-state index contributed by atoms with van der Waals surface area (Å²) in [5.74, 6) is 0. The molecule has 0 unspecified atom stereocenters. The maximum atomic E-state index is 12.0. The summed E-state index contributed by atoms with van der Waals surface area (Å²) in [5.41, 5.74) is 0.887. The summed E-state index contributed by atoms with van der Waals surface area (Å²) in [4.78, 5) is 2.38. The number of likely N-dealkylation sites (N-methyl/N-ethyl adjacent to an activating group) is 1. The van der Waals surface area contributed by atoms with Gasteiger partial charge in [-0.25, -0.2) is 13.1 Å². The minimum atomic E-state index is -3.41. The van der Waals surface area contributed by atoms with Crippen molar-refractivity contribution in [3.63, 3.8) is 0 Å². The van der Waals surface area contributed by atoms with Crippen LogP contribution in [0.15, 0.2) is 29.2 Å². The highest BCUT2D eigenvalue weighted by atomic mass is 32.2. The fourth-order valence-electron chi connectivity index (χ4n) is 1.50. The predicted octanol–water partition coefficient (Wildman–Crippen LogP) is 1.35. The maximum absolute atomic E-state index is 12.0. The average molecular weight is 285 g/mol. The Labute approximate surface area is 116 Å². The Morgan fingerprint density at radius 2 is 1.79 bits per heavy atom. The second-order valence-electron chi connectivity index (χ2n) is 4.75. The number of rotatable bonds is 7. The van der Waals surface area contributed by atoms with Gasteiger partial charge in [0, 0.05) is 31.9 Å². The zero-order chi connectivity index (χ0) is 14.5. The Hall–Kier alpha value is -1.11. The zero-order valence-corrected chi connectivity index (χ0v) is 12.8. The highest BCUT2D eigenvalue weighted by Crippen LogP contribution is 2.13. The molecule has 0 saturated carbocycles. The van der Waals surface area contributed by atoms with E-state index < -0.39 is 10.0 Å². The molecule has 0 radical (unpaired) electrons. The molecule has 0 atom stereocenters. The highest BCUT2D eigenvalue weighted by Gasteiger charge is 2.13. The van der Waals surface area contributed by atoms with E-state index >= 15 is 0 Å². The van der Waals surface area contributed by atoms with E-state index in [4.69, 9.17) is 0 Å². The Morgan fingerprint density at radius 1 is 1.21 bits per heavy atom. The van der Waals surface area contributed by atoms with Crippen LogP contribution < -0.4 is 10.0 Å². The summed E-state index contributed by atoms with van der Waals surface area (Å²) < 4.78 is 26.7. The lowest BCUT2D eigenvalue weighted by molar-refractivity contribution is 0.278. The van der Waals surface area contributed by atoms with E-state index in [-0.39, 0.29) is 0 Å². The maximum Gasteiger partial charge on any atom is 0.240 e. The second-order valence-corrected chi connectivity index (χ2v) is 6.51. The van der Waals surface area contributed by atoms with Crippen LogP contribution >= 0.6 is 0 Å². The quantitative estimate of drug-likeness (QED) is 0.794. The standard InChI is InChI=1S/C13H23N3O2S/c1-11(2)16(4)10-9-15-19(17,18)13-7-5-12(14-3)6-8-13/h5-8,11,14-15H,9-10H2,1-4H3. The molecule has 0 heterocycles. The van der Waals surface area contributed by atoms with Gasteiger partial charge < -0.3 is 10.2 Å². The van der Waals surface area contributed by atoms with Crippen molar-refractivity contribution >= 4 is 15.7 Å². The minimum Gasteiger partial charge on any atom is -0.388 e. The first-order chi connectivity index (χ1) is 8.86. The normalized spacial score (nSPS) is 12.1. The largest absolute Gasteiger partial charge is 0.388 e. The topological polar surface area (TPSA) is 61.4 Å². The fraction of sp³-hybridized carbons (Fsp3) is 0.538. The van der Waals surface area contributed by atoms with E-state index in [1.165, 1.54) is 0 Å². The van der Waals surface area contributed by atoms with E-state index in [1.807, 2.05) is 7.05 Å². The van der Waals surface area contributed by atoms with Gasteiger partial charge in [0.25, 0.3) is 0 Å². The monoisotopic (exact) mass is 285 g/mol. The number of sulfonamides is 1. The molecule has 108 valence electrons. The third-order valence-corrected chi connectivity index (χ3v) is 4.57. The van der Waals surface area contributed by atoms with Crippen molar-refractivity contribution in [3.05, 3.63) is 24.3 Å². The molecule has 5 nitrogen and oxygen atoms in total. The smallest absolute Gasteiger partial charge is 0.240 e. The second kappa shape index (κ2) is 6.88. The van der Waals surface area contributed by atoms with Crippen LogP contribution in [-0.2, 0) is 10.0 Å². The summed E-state index contributed by atoms with van der Waals surface area (Å²) in [6.45, 7) is 5.24. The molecule has 0 fully saturated rings. The third-order valence-electron chi connectivity index (χ3n) is 3.09. The van der Waals surface area contributed by atoms with Gasteiger partial charge in [-0.15, -0.1) is 0 Å². The lowest BCUT2D eigenvalue weighted by atomic mass is 10.3. The molecule has 0 amide bonds. The van der Waals surface area contributed by atoms with Crippen molar-refractivity contribution < 1.29 is 8.42 Å². The highest BCUT2D eigenvalue weighted by molar-refractivity contribution is 7.89. The van der Waals surface area contributed by atoms with Crippen molar-refractivity contribution in [1.82, 2.24) is 9.62 Å². The van der Waals surface area contributed by atoms with Crippen LogP contribution in [-0.4, -0.2) is 46.5 Å². The molecule has 0 aliphatic carbocycles. The predicted molar refractivity (Wildman–Crippen MR) is 78.9 cm³/mol. The van der Waals surface area contributed by atoms with Gasteiger partial charge in [0.2, 0.25) is 10.0 Å². The van der Waals surface area contributed by atoms with E-state index in [2.05, 4.69) is 28.8 Å². The lowest BCUT2D eigenvalue weighted by Crippen LogP contribution is -2.36. The van der Waals surface area contributed by atoms with Gasteiger partial charge in [0.15, 0.2) is 0 Å². The molecule has 0 bridgehead atoms. The molecule has 0 aliphatic rings. The summed E-state index contributed by atoms with van der Waals surface area (Å²) in [7, 11) is 0.357. The molecule has 1 aromatic rings. The Bertz CT molecular complexity index is 483. The number of nitrogens with zero attached hydrogens (tertiary/aromatic N) is 1. The summed E-state index contributed by atoms with van der Waals surface area (Å²) in [6, 6.07) is 7.09. The van der Waals surface area contributed by atoms with Gasteiger partial charge in [-0.2, -0.15) is 0 Å². The van der Waals surface area contributed by atoms with Gasteiger partial charge in [-0.1, -0.05) is 0 Å². The van der Waals surface area contributed by atoms with Gasteiger partial charge in [0.1, 0.15) is 0 Å². The molecule has 2 N–H and O–H groups in total. The van der Waals surface area contributed by atoms with Gasteiger partial charge in [0.05, 0.1) is 4.90 Å². The fourth-order valence-corrected chi connectivity index (χ4v) is 2.52. The zero-order valence-electron chi connectivity index (χ0n) is 12.0. The van der Waals surface area contributed by atoms with Crippen LogP contribution in [0.25, 0.3) is 0 Å².